The second kappa shape index (κ2) is 4.74. The van der Waals surface area contributed by atoms with E-state index in [1.807, 2.05) is 12.1 Å². The predicted molar refractivity (Wildman–Crippen MR) is 71.6 cm³/mol. The van der Waals surface area contributed by atoms with E-state index < -0.39 is 0 Å². The van der Waals surface area contributed by atoms with Gasteiger partial charge in [-0.3, -0.25) is 0 Å². The normalized spacial score (nSPS) is 19.5. The van der Waals surface area contributed by atoms with E-state index in [9.17, 15) is 4.79 Å². The zero-order valence-electron chi connectivity index (χ0n) is 10.2. The molecule has 1 N–H and O–H groups in total. The van der Waals surface area contributed by atoms with Crippen LogP contribution in [0.5, 0.6) is 5.75 Å². The summed E-state index contributed by atoms with van der Waals surface area (Å²) in [6, 6.07) is 4.34. The van der Waals surface area contributed by atoms with Gasteiger partial charge in [-0.2, -0.15) is 0 Å². The average molecular weight is 265 g/mol. The molecule has 0 spiro atoms. The fraction of sp³-hybridized carbons (Fsp3) is 0.462. The van der Waals surface area contributed by atoms with Crippen molar-refractivity contribution in [2.75, 3.05) is 13.7 Å². The first-order chi connectivity index (χ1) is 8.76. The summed E-state index contributed by atoms with van der Waals surface area (Å²) in [5, 5.41) is 3.46. The minimum atomic E-state index is -0.261. The zero-order valence-corrected chi connectivity index (χ0v) is 11.0. The van der Waals surface area contributed by atoms with Crippen LogP contribution >= 0.6 is 11.3 Å². The van der Waals surface area contributed by atoms with Crippen LogP contribution in [0.25, 0.3) is 10.3 Å². The van der Waals surface area contributed by atoms with Crippen molar-refractivity contribution in [1.82, 2.24) is 5.32 Å². The molecular weight excluding hydrogens is 250 g/mol. The van der Waals surface area contributed by atoms with Crippen LogP contribution in [0.15, 0.2) is 21.3 Å². The van der Waals surface area contributed by atoms with Gasteiger partial charge >= 0.3 is 4.94 Å². The maximum Gasteiger partial charge on any atom is 0.396 e. The minimum Gasteiger partial charge on any atom is -0.496 e. The van der Waals surface area contributed by atoms with Crippen LogP contribution in [0.4, 0.5) is 0 Å². The largest absolute Gasteiger partial charge is 0.496 e. The third-order valence-corrected chi connectivity index (χ3v) is 4.15. The van der Waals surface area contributed by atoms with Gasteiger partial charge in [-0.1, -0.05) is 11.3 Å². The fourth-order valence-electron chi connectivity index (χ4n) is 2.49. The molecule has 1 aliphatic heterocycles. The predicted octanol–water partition coefficient (Wildman–Crippen LogP) is 2.16. The first kappa shape index (κ1) is 11.7. The van der Waals surface area contributed by atoms with Crippen LogP contribution < -0.4 is 15.0 Å². The second-order valence-corrected chi connectivity index (χ2v) is 5.54. The Kier molecular flexibility index (Phi) is 3.09. The molecule has 2 heterocycles. The van der Waals surface area contributed by atoms with Gasteiger partial charge in [-0.05, 0) is 37.4 Å². The monoisotopic (exact) mass is 265 g/mol. The number of hydrogen-bond acceptors (Lipinski definition) is 5. The molecule has 0 saturated carbocycles. The summed E-state index contributed by atoms with van der Waals surface area (Å²) >= 11 is 1.12. The van der Waals surface area contributed by atoms with Crippen molar-refractivity contribution in [3.63, 3.8) is 0 Å². The van der Waals surface area contributed by atoms with Gasteiger partial charge in [-0.15, -0.1) is 0 Å². The Bertz CT molecular complexity index is 610. The summed E-state index contributed by atoms with van der Waals surface area (Å²) < 4.78 is 11.4. The molecule has 96 valence electrons. The molecular formula is C13H15NO3S. The molecule has 1 unspecified atom stereocenters. The van der Waals surface area contributed by atoms with Crippen molar-refractivity contribution < 1.29 is 9.15 Å². The third-order valence-electron chi connectivity index (χ3n) is 3.36. The zero-order chi connectivity index (χ0) is 12.5. The van der Waals surface area contributed by atoms with Crippen molar-refractivity contribution >= 4 is 21.6 Å². The average Bonchev–Trinajstić information content (AvgIpc) is 2.96. The van der Waals surface area contributed by atoms with Gasteiger partial charge in [0.25, 0.3) is 0 Å². The lowest BCUT2D eigenvalue weighted by Crippen LogP contribution is -2.23. The molecule has 1 aliphatic rings. The van der Waals surface area contributed by atoms with E-state index in [1.54, 1.807) is 7.11 Å². The van der Waals surface area contributed by atoms with Crippen molar-refractivity contribution in [1.29, 1.82) is 0 Å². The smallest absolute Gasteiger partial charge is 0.396 e. The summed E-state index contributed by atoms with van der Waals surface area (Å²) in [5.41, 5.74) is 1.77. The molecule has 0 amide bonds. The Morgan fingerprint density at radius 2 is 2.44 bits per heavy atom. The molecule has 1 aromatic heterocycles. The molecule has 1 atom stereocenters. The van der Waals surface area contributed by atoms with E-state index in [1.165, 1.54) is 12.8 Å². The molecule has 5 heteroatoms. The highest BCUT2D eigenvalue weighted by Crippen LogP contribution is 2.29. The Morgan fingerprint density at radius 3 is 3.17 bits per heavy atom. The number of fused-ring (bicyclic) bond motifs is 1. The molecule has 1 saturated heterocycles. The quantitative estimate of drug-likeness (QED) is 0.924. The topological polar surface area (TPSA) is 51.5 Å². The van der Waals surface area contributed by atoms with Gasteiger partial charge in [-0.25, -0.2) is 4.79 Å². The highest BCUT2D eigenvalue weighted by Gasteiger charge is 2.18. The van der Waals surface area contributed by atoms with Crippen LogP contribution in [-0.2, 0) is 6.42 Å². The highest BCUT2D eigenvalue weighted by molar-refractivity contribution is 7.16. The maximum absolute atomic E-state index is 11.2. The fourth-order valence-corrected chi connectivity index (χ4v) is 3.17. The summed E-state index contributed by atoms with van der Waals surface area (Å²) in [4.78, 5) is 11.0. The lowest BCUT2D eigenvalue weighted by atomic mass is 10.0. The van der Waals surface area contributed by atoms with E-state index in [0.29, 0.717) is 11.6 Å². The van der Waals surface area contributed by atoms with Crippen molar-refractivity contribution in [3.05, 3.63) is 27.4 Å². The Balaban J connectivity index is 1.99. The van der Waals surface area contributed by atoms with Crippen molar-refractivity contribution in [3.8, 4) is 5.75 Å². The van der Waals surface area contributed by atoms with Crippen LogP contribution in [0.2, 0.25) is 0 Å². The number of benzene rings is 1. The van der Waals surface area contributed by atoms with Crippen LogP contribution in [0.1, 0.15) is 18.4 Å². The van der Waals surface area contributed by atoms with Gasteiger partial charge in [0.1, 0.15) is 11.3 Å². The Labute approximate surface area is 109 Å². The Hall–Kier alpha value is -1.33. The molecule has 1 fully saturated rings. The standard InChI is InChI=1S/C13H15NO3S/c1-16-10-7-12-11(17-13(15)18-12)6-8(10)5-9-3-2-4-14-9/h6-7,9,14H,2-5H2,1H3. The van der Waals surface area contributed by atoms with E-state index in [2.05, 4.69) is 5.32 Å². The Morgan fingerprint density at radius 1 is 1.56 bits per heavy atom. The summed E-state index contributed by atoms with van der Waals surface area (Å²) in [7, 11) is 1.66. The number of rotatable bonds is 3. The van der Waals surface area contributed by atoms with Crippen LogP contribution in [0, 0.1) is 0 Å². The van der Waals surface area contributed by atoms with Crippen LogP contribution in [0.3, 0.4) is 0 Å². The summed E-state index contributed by atoms with van der Waals surface area (Å²) in [5.74, 6) is 0.841. The first-order valence-corrected chi connectivity index (χ1v) is 6.92. The first-order valence-electron chi connectivity index (χ1n) is 6.10. The van der Waals surface area contributed by atoms with Gasteiger partial charge < -0.3 is 14.5 Å². The van der Waals surface area contributed by atoms with E-state index in [0.717, 1.165) is 40.3 Å². The summed E-state index contributed by atoms with van der Waals surface area (Å²) in [6.07, 6.45) is 3.33. The molecule has 2 aromatic rings. The van der Waals surface area contributed by atoms with Gasteiger partial charge in [0.15, 0.2) is 0 Å². The number of hydrogen-bond donors (Lipinski definition) is 1. The van der Waals surface area contributed by atoms with Gasteiger partial charge in [0.05, 0.1) is 11.8 Å². The lowest BCUT2D eigenvalue weighted by molar-refractivity contribution is 0.407. The van der Waals surface area contributed by atoms with Gasteiger partial charge in [0.2, 0.25) is 0 Å². The molecule has 1 aromatic carbocycles. The number of methoxy groups -OCH3 is 1. The summed E-state index contributed by atoms with van der Waals surface area (Å²) in [6.45, 7) is 1.09. The highest BCUT2D eigenvalue weighted by atomic mass is 32.1. The van der Waals surface area contributed by atoms with Gasteiger partial charge in [0, 0.05) is 12.1 Å². The molecule has 18 heavy (non-hydrogen) atoms. The lowest BCUT2D eigenvalue weighted by Gasteiger charge is -2.13. The van der Waals surface area contributed by atoms with E-state index in [-0.39, 0.29) is 4.94 Å². The SMILES string of the molecule is COc1cc2sc(=O)oc2cc1CC1CCCN1. The molecule has 0 aliphatic carbocycles. The maximum atomic E-state index is 11.2. The van der Waals surface area contributed by atoms with Crippen molar-refractivity contribution in [2.24, 2.45) is 0 Å². The number of nitrogens with one attached hydrogen (secondary N) is 1. The molecule has 0 radical (unpaired) electrons. The van der Waals surface area contributed by atoms with Crippen LogP contribution in [-0.4, -0.2) is 19.7 Å². The molecule has 0 bridgehead atoms. The molecule has 4 nitrogen and oxygen atoms in total. The van der Waals surface area contributed by atoms with Crippen molar-refractivity contribution in [2.45, 2.75) is 25.3 Å². The third kappa shape index (κ3) is 2.15. The van der Waals surface area contributed by atoms with E-state index in [4.69, 9.17) is 9.15 Å². The number of ether oxygens (including phenoxy) is 1. The minimum absolute atomic E-state index is 0.261. The van der Waals surface area contributed by atoms with E-state index >= 15 is 0 Å². The second-order valence-electron chi connectivity index (χ2n) is 4.56. The molecule has 3 rings (SSSR count).